The molecule has 0 fully saturated rings. The molecular weight excluding hydrogens is 304 g/mol. The fourth-order valence-corrected chi connectivity index (χ4v) is 0.356. The molecule has 0 radical (unpaired) electrons. The van der Waals surface area contributed by atoms with Gasteiger partial charge in [0.05, 0.1) is 36.3 Å². The maximum atomic E-state index is 10.0. The van der Waals surface area contributed by atoms with Crippen LogP contribution in [0.25, 0.3) is 0 Å². The van der Waals surface area contributed by atoms with Crippen LogP contribution in [0, 0.1) is 10.8 Å². The Labute approximate surface area is 139 Å². The van der Waals surface area contributed by atoms with Crippen molar-refractivity contribution in [2.45, 2.75) is 67.6 Å². The SMILES string of the molecule is CC(C)(C)C(=O)O.CC(C)(C)C(=O)O.CC(O)COC(C)CO. The molecule has 0 bridgehead atoms. The lowest BCUT2D eigenvalue weighted by atomic mass is 9.98. The number of aliphatic hydroxyl groups excluding tert-OH is 2. The molecule has 140 valence electrons. The average molecular weight is 338 g/mol. The summed E-state index contributed by atoms with van der Waals surface area (Å²) in [6.07, 6.45) is -0.612. The molecule has 2 unspecified atom stereocenters. The van der Waals surface area contributed by atoms with Crippen molar-refractivity contribution in [2.24, 2.45) is 10.8 Å². The third-order valence-electron chi connectivity index (χ3n) is 2.16. The summed E-state index contributed by atoms with van der Waals surface area (Å²) in [5, 5.41) is 33.6. The summed E-state index contributed by atoms with van der Waals surface area (Å²) in [5.41, 5.74) is -1.17. The van der Waals surface area contributed by atoms with Gasteiger partial charge in [-0.05, 0) is 55.4 Å². The third kappa shape index (κ3) is 23.2. The number of hydrogen-bond donors (Lipinski definition) is 4. The molecule has 23 heavy (non-hydrogen) atoms. The Kier molecular flexibility index (Phi) is 14.2. The molecule has 0 saturated carbocycles. The molecule has 2 atom stereocenters. The second kappa shape index (κ2) is 12.3. The van der Waals surface area contributed by atoms with E-state index in [1.807, 2.05) is 0 Å². The molecule has 0 aliphatic carbocycles. The van der Waals surface area contributed by atoms with Crippen molar-refractivity contribution in [3.63, 3.8) is 0 Å². The number of hydrogen-bond acceptors (Lipinski definition) is 5. The van der Waals surface area contributed by atoms with E-state index in [0.717, 1.165) is 0 Å². The molecule has 7 heteroatoms. The van der Waals surface area contributed by atoms with Crippen LogP contribution in [0.15, 0.2) is 0 Å². The van der Waals surface area contributed by atoms with Crippen LogP contribution in [0.1, 0.15) is 55.4 Å². The lowest BCUT2D eigenvalue weighted by Gasteiger charge is -2.10. The van der Waals surface area contributed by atoms with E-state index < -0.39 is 28.9 Å². The summed E-state index contributed by atoms with van der Waals surface area (Å²) in [5.74, 6) is -1.51. The summed E-state index contributed by atoms with van der Waals surface area (Å²) in [6, 6.07) is 0. The highest BCUT2D eigenvalue weighted by atomic mass is 16.5. The van der Waals surface area contributed by atoms with E-state index in [1.54, 1.807) is 55.4 Å². The van der Waals surface area contributed by atoms with E-state index in [9.17, 15) is 9.59 Å². The quantitative estimate of drug-likeness (QED) is 0.618. The topological polar surface area (TPSA) is 124 Å². The van der Waals surface area contributed by atoms with E-state index in [2.05, 4.69) is 0 Å². The van der Waals surface area contributed by atoms with Crippen molar-refractivity contribution < 1.29 is 34.8 Å². The minimum Gasteiger partial charge on any atom is -0.481 e. The van der Waals surface area contributed by atoms with Gasteiger partial charge in [0, 0.05) is 0 Å². The highest BCUT2D eigenvalue weighted by molar-refractivity contribution is 5.73. The second-order valence-electron chi connectivity index (χ2n) is 7.29. The molecule has 0 amide bonds. The largest absolute Gasteiger partial charge is 0.481 e. The fraction of sp³-hybridized carbons (Fsp3) is 0.875. The van der Waals surface area contributed by atoms with Crippen LogP contribution in [0.5, 0.6) is 0 Å². The Morgan fingerprint density at radius 3 is 1.30 bits per heavy atom. The van der Waals surface area contributed by atoms with Crippen molar-refractivity contribution >= 4 is 11.9 Å². The van der Waals surface area contributed by atoms with Crippen LogP contribution in [-0.4, -0.2) is 57.8 Å². The van der Waals surface area contributed by atoms with Gasteiger partial charge in [-0.2, -0.15) is 0 Å². The highest BCUT2D eigenvalue weighted by Gasteiger charge is 2.19. The third-order valence-corrected chi connectivity index (χ3v) is 2.16. The van der Waals surface area contributed by atoms with E-state index >= 15 is 0 Å². The Hall–Kier alpha value is -1.18. The van der Waals surface area contributed by atoms with E-state index in [1.165, 1.54) is 0 Å². The van der Waals surface area contributed by atoms with Gasteiger partial charge in [0.25, 0.3) is 0 Å². The normalized spacial score (nSPS) is 13.7. The van der Waals surface area contributed by atoms with Crippen molar-refractivity contribution in [3.05, 3.63) is 0 Å². The van der Waals surface area contributed by atoms with Gasteiger partial charge in [0.1, 0.15) is 0 Å². The van der Waals surface area contributed by atoms with Crippen LogP contribution in [0.4, 0.5) is 0 Å². The van der Waals surface area contributed by atoms with Gasteiger partial charge in [0.2, 0.25) is 0 Å². The molecule has 0 aromatic carbocycles. The molecule has 0 spiro atoms. The zero-order valence-electron chi connectivity index (χ0n) is 15.6. The maximum Gasteiger partial charge on any atom is 0.308 e. The van der Waals surface area contributed by atoms with Gasteiger partial charge in [-0.25, -0.2) is 0 Å². The summed E-state index contributed by atoms with van der Waals surface area (Å²) < 4.78 is 4.95. The summed E-state index contributed by atoms with van der Waals surface area (Å²) >= 11 is 0. The van der Waals surface area contributed by atoms with Gasteiger partial charge in [-0.1, -0.05) is 0 Å². The van der Waals surface area contributed by atoms with Crippen LogP contribution in [0.3, 0.4) is 0 Å². The lowest BCUT2D eigenvalue weighted by Crippen LogP contribution is -2.19. The van der Waals surface area contributed by atoms with Gasteiger partial charge < -0.3 is 25.2 Å². The molecule has 0 aromatic rings. The first-order chi connectivity index (χ1) is 10.1. The van der Waals surface area contributed by atoms with Gasteiger partial charge >= 0.3 is 11.9 Å². The van der Waals surface area contributed by atoms with E-state index in [4.69, 9.17) is 25.2 Å². The molecule has 0 aliphatic heterocycles. The van der Waals surface area contributed by atoms with Gasteiger partial charge in [-0.3, -0.25) is 9.59 Å². The monoisotopic (exact) mass is 338 g/mol. The molecule has 4 N–H and O–H groups in total. The number of carbonyl (C=O) groups is 2. The molecule has 7 nitrogen and oxygen atoms in total. The van der Waals surface area contributed by atoms with Crippen LogP contribution in [-0.2, 0) is 14.3 Å². The Morgan fingerprint density at radius 2 is 1.17 bits per heavy atom. The number of ether oxygens (including phenoxy) is 1. The van der Waals surface area contributed by atoms with Crippen LogP contribution < -0.4 is 0 Å². The molecule has 0 aliphatic rings. The van der Waals surface area contributed by atoms with Crippen molar-refractivity contribution in [3.8, 4) is 0 Å². The van der Waals surface area contributed by atoms with Crippen molar-refractivity contribution in [1.29, 1.82) is 0 Å². The first kappa shape index (κ1) is 26.7. The minimum atomic E-state index is -0.757. The minimum absolute atomic E-state index is 0.00667. The fourth-order valence-electron chi connectivity index (χ4n) is 0.356. The number of aliphatic carboxylic acids is 2. The van der Waals surface area contributed by atoms with Crippen LogP contribution >= 0.6 is 0 Å². The highest BCUT2D eigenvalue weighted by Crippen LogP contribution is 2.11. The van der Waals surface area contributed by atoms with Crippen molar-refractivity contribution in [2.75, 3.05) is 13.2 Å². The Bertz CT molecular complexity index is 300. The van der Waals surface area contributed by atoms with Crippen molar-refractivity contribution in [1.82, 2.24) is 0 Å². The zero-order valence-corrected chi connectivity index (χ0v) is 15.6. The summed E-state index contributed by atoms with van der Waals surface area (Å²) in [4.78, 5) is 20.0. The first-order valence-electron chi connectivity index (χ1n) is 7.43. The number of rotatable bonds is 4. The molecule has 0 heterocycles. The van der Waals surface area contributed by atoms with E-state index in [0.29, 0.717) is 6.61 Å². The summed E-state index contributed by atoms with van der Waals surface area (Å²) in [6.45, 7) is 13.7. The molecule has 0 aromatic heterocycles. The molecule has 0 rings (SSSR count). The van der Waals surface area contributed by atoms with Gasteiger partial charge in [0.15, 0.2) is 0 Å². The maximum absolute atomic E-state index is 10.0. The predicted molar refractivity (Wildman–Crippen MR) is 88.4 cm³/mol. The molecule has 0 saturated heterocycles. The Balaban J connectivity index is -0.000000264. The standard InChI is InChI=1S/C6H14O3.2C5H10O2/c1-5(8)4-9-6(2)3-7;2*1-5(2,3)4(6)7/h5-8H,3-4H2,1-2H3;2*1-3H3,(H,6,7). The van der Waals surface area contributed by atoms with Crippen LogP contribution in [0.2, 0.25) is 0 Å². The van der Waals surface area contributed by atoms with E-state index in [-0.39, 0.29) is 12.7 Å². The summed E-state index contributed by atoms with van der Waals surface area (Å²) in [7, 11) is 0. The average Bonchev–Trinajstić information content (AvgIpc) is 2.34. The lowest BCUT2D eigenvalue weighted by molar-refractivity contribution is -0.146. The second-order valence-corrected chi connectivity index (χ2v) is 7.29. The smallest absolute Gasteiger partial charge is 0.308 e. The van der Waals surface area contributed by atoms with Gasteiger partial charge in [-0.15, -0.1) is 0 Å². The zero-order chi connectivity index (χ0) is 19.4. The number of aliphatic hydroxyl groups is 2. The number of carboxylic acids is 2. The first-order valence-corrected chi connectivity index (χ1v) is 7.43. The number of carboxylic acid groups (broad SMARTS) is 2. The Morgan fingerprint density at radius 1 is 0.913 bits per heavy atom. The molecular formula is C16H34O7. The predicted octanol–water partition coefficient (Wildman–Crippen LogP) is 2.00.